The number of esters is 2. The highest BCUT2D eigenvalue weighted by Gasteiger charge is 2.30. The minimum atomic E-state index is -1.53. The molecule has 124 valence electrons. The topological polar surface area (TPSA) is 116 Å². The summed E-state index contributed by atoms with van der Waals surface area (Å²) in [5.74, 6) is -4.17. The van der Waals surface area contributed by atoms with Gasteiger partial charge in [0.2, 0.25) is 12.2 Å². The van der Waals surface area contributed by atoms with E-state index in [0.717, 1.165) is 6.92 Å². The first-order valence-electron chi connectivity index (χ1n) is 6.40. The maximum Gasteiger partial charge on any atom is 0.350 e. The van der Waals surface area contributed by atoms with Gasteiger partial charge in [-0.25, -0.2) is 9.59 Å². The average molecular weight is 342 g/mol. The molecule has 1 aromatic carbocycles. The van der Waals surface area contributed by atoms with Crippen LogP contribution in [0.5, 0.6) is 0 Å². The molecule has 8 nitrogen and oxygen atoms in total. The second kappa shape index (κ2) is 8.85. The van der Waals surface area contributed by atoms with Crippen molar-refractivity contribution in [2.45, 2.75) is 25.6 Å². The number of hydrogen-bond acceptors (Lipinski definition) is 7. The molecule has 0 aliphatic heterocycles. The van der Waals surface area contributed by atoms with Crippen LogP contribution in [-0.2, 0) is 33.2 Å². The second-order valence-corrected chi connectivity index (χ2v) is 4.59. The fourth-order valence-electron chi connectivity index (χ4n) is 1.67. The van der Waals surface area contributed by atoms with Gasteiger partial charge in [-0.2, -0.15) is 0 Å². The number of carboxylic acid groups (broad SMARTS) is 1. The SMILES string of the molecule is CC(=O)O[C@@H](CC(=O)O[C@H](C(=O)O)c1ccccc1)C(=O)OP. The lowest BCUT2D eigenvalue weighted by atomic mass is 10.1. The summed E-state index contributed by atoms with van der Waals surface area (Å²) in [5, 5.41) is 9.15. The van der Waals surface area contributed by atoms with E-state index in [1.54, 1.807) is 27.7 Å². The lowest BCUT2D eigenvalue weighted by Crippen LogP contribution is -2.31. The van der Waals surface area contributed by atoms with Crippen LogP contribution in [0.25, 0.3) is 0 Å². The summed E-state index contributed by atoms with van der Waals surface area (Å²) >= 11 is 0. The molecule has 0 bridgehead atoms. The Kier molecular flexibility index (Phi) is 7.15. The minimum absolute atomic E-state index is 0.256. The Bertz CT molecular complexity index is 586. The third-order valence-electron chi connectivity index (χ3n) is 2.62. The third-order valence-corrected chi connectivity index (χ3v) is 2.85. The van der Waals surface area contributed by atoms with E-state index >= 15 is 0 Å². The van der Waals surface area contributed by atoms with E-state index in [0.29, 0.717) is 0 Å². The quantitative estimate of drug-likeness (QED) is 0.576. The molecule has 0 amide bonds. The molecule has 1 unspecified atom stereocenters. The van der Waals surface area contributed by atoms with Gasteiger partial charge >= 0.3 is 23.9 Å². The van der Waals surface area contributed by atoms with Crippen LogP contribution in [-0.4, -0.2) is 35.1 Å². The summed E-state index contributed by atoms with van der Waals surface area (Å²) in [7, 11) is 1.67. The Labute approximate surface area is 134 Å². The van der Waals surface area contributed by atoms with Crippen LogP contribution in [0.4, 0.5) is 0 Å². The normalized spacial score (nSPS) is 12.6. The number of ether oxygens (including phenoxy) is 2. The van der Waals surface area contributed by atoms with Crippen molar-refractivity contribution in [2.75, 3.05) is 0 Å². The molecule has 0 aliphatic rings. The van der Waals surface area contributed by atoms with Crippen molar-refractivity contribution in [3.8, 4) is 0 Å². The Morgan fingerprint density at radius 2 is 1.74 bits per heavy atom. The summed E-state index contributed by atoms with van der Waals surface area (Å²) < 4.78 is 13.8. The minimum Gasteiger partial charge on any atom is -0.478 e. The molecule has 0 saturated carbocycles. The zero-order valence-electron chi connectivity index (χ0n) is 12.1. The monoisotopic (exact) mass is 342 g/mol. The molecule has 3 atom stereocenters. The number of carbonyl (C=O) groups excluding carboxylic acids is 3. The van der Waals surface area contributed by atoms with Crippen molar-refractivity contribution in [2.24, 2.45) is 0 Å². The van der Waals surface area contributed by atoms with Crippen LogP contribution in [0.2, 0.25) is 0 Å². The van der Waals surface area contributed by atoms with Gasteiger partial charge in [0, 0.05) is 12.5 Å². The maximum absolute atomic E-state index is 11.9. The van der Waals surface area contributed by atoms with Crippen LogP contribution >= 0.6 is 9.47 Å². The van der Waals surface area contributed by atoms with Gasteiger partial charge < -0.3 is 19.1 Å². The van der Waals surface area contributed by atoms with Crippen molar-refractivity contribution in [3.05, 3.63) is 35.9 Å². The average Bonchev–Trinajstić information content (AvgIpc) is 2.51. The molecule has 1 aromatic rings. The van der Waals surface area contributed by atoms with Gasteiger partial charge in [-0.15, -0.1) is 0 Å². The summed E-state index contributed by atoms with van der Waals surface area (Å²) in [6.45, 7) is 1.05. The molecule has 1 rings (SSSR count). The summed E-state index contributed by atoms with van der Waals surface area (Å²) in [6, 6.07) is 7.81. The molecule has 0 fully saturated rings. The van der Waals surface area contributed by atoms with Crippen molar-refractivity contribution in [1.82, 2.24) is 0 Å². The number of carbonyl (C=O) groups is 4. The number of hydrogen-bond donors (Lipinski definition) is 1. The molecule has 23 heavy (non-hydrogen) atoms. The fraction of sp³-hybridized carbons (Fsp3) is 0.286. The van der Waals surface area contributed by atoms with Gasteiger partial charge in [-0.05, 0) is 0 Å². The van der Waals surface area contributed by atoms with E-state index in [4.69, 9.17) is 9.84 Å². The van der Waals surface area contributed by atoms with Gasteiger partial charge in [-0.3, -0.25) is 9.59 Å². The van der Waals surface area contributed by atoms with Crippen molar-refractivity contribution < 1.29 is 38.3 Å². The molecule has 0 aliphatic carbocycles. The van der Waals surface area contributed by atoms with Crippen molar-refractivity contribution >= 4 is 33.3 Å². The Balaban J connectivity index is 2.80. The lowest BCUT2D eigenvalue weighted by Gasteiger charge is -2.17. The Morgan fingerprint density at radius 1 is 1.13 bits per heavy atom. The molecule has 0 spiro atoms. The van der Waals surface area contributed by atoms with E-state index in [1.165, 1.54) is 12.1 Å². The smallest absolute Gasteiger partial charge is 0.350 e. The van der Waals surface area contributed by atoms with E-state index in [1.807, 2.05) is 0 Å². The van der Waals surface area contributed by atoms with Crippen molar-refractivity contribution in [1.29, 1.82) is 0 Å². The number of benzene rings is 1. The van der Waals surface area contributed by atoms with Gasteiger partial charge in [0.15, 0.2) is 0 Å². The Hall–Kier alpha value is -2.47. The predicted octanol–water partition coefficient (Wildman–Crippen LogP) is 1.01. The lowest BCUT2D eigenvalue weighted by molar-refractivity contribution is -0.171. The number of rotatable bonds is 7. The molecule has 0 aromatic heterocycles. The number of carboxylic acids is 1. The summed E-state index contributed by atoms with van der Waals surface area (Å²) in [6.07, 6.45) is -3.71. The fourth-order valence-corrected chi connectivity index (χ4v) is 1.82. The number of aliphatic carboxylic acids is 1. The van der Waals surface area contributed by atoms with Crippen LogP contribution in [0.15, 0.2) is 30.3 Å². The second-order valence-electron chi connectivity index (χ2n) is 4.36. The highest BCUT2D eigenvalue weighted by atomic mass is 31.0. The van der Waals surface area contributed by atoms with Gasteiger partial charge in [0.25, 0.3) is 0 Å². The summed E-state index contributed by atoms with van der Waals surface area (Å²) in [5.41, 5.74) is 0.256. The summed E-state index contributed by atoms with van der Waals surface area (Å²) in [4.78, 5) is 45.4. The van der Waals surface area contributed by atoms with E-state index in [2.05, 4.69) is 9.26 Å². The van der Waals surface area contributed by atoms with Crippen LogP contribution < -0.4 is 0 Å². The van der Waals surface area contributed by atoms with Gasteiger partial charge in [0.05, 0.1) is 15.9 Å². The van der Waals surface area contributed by atoms with Crippen LogP contribution in [0, 0.1) is 0 Å². The van der Waals surface area contributed by atoms with Crippen LogP contribution in [0.1, 0.15) is 25.0 Å². The predicted molar refractivity (Wildman–Crippen MR) is 78.9 cm³/mol. The third kappa shape index (κ3) is 6.04. The van der Waals surface area contributed by atoms with Gasteiger partial charge in [-0.1, -0.05) is 30.3 Å². The largest absolute Gasteiger partial charge is 0.478 e. The first-order chi connectivity index (χ1) is 10.8. The molecular weight excluding hydrogens is 327 g/mol. The van der Waals surface area contributed by atoms with Gasteiger partial charge in [0.1, 0.15) is 0 Å². The maximum atomic E-state index is 11.9. The molecular formula is C14H15O8P. The van der Waals surface area contributed by atoms with E-state index < -0.39 is 42.5 Å². The first kappa shape index (κ1) is 18.6. The van der Waals surface area contributed by atoms with Crippen LogP contribution in [0.3, 0.4) is 0 Å². The first-order valence-corrected chi connectivity index (χ1v) is 6.87. The van der Waals surface area contributed by atoms with E-state index in [-0.39, 0.29) is 5.56 Å². The molecule has 0 saturated heterocycles. The molecule has 1 N–H and O–H groups in total. The molecule has 0 heterocycles. The molecule has 9 heteroatoms. The standard InChI is InChI=1S/C14H15O8P/c1-8(15)20-10(14(19)22-23)7-11(16)21-12(13(17)18)9-5-3-2-4-6-9/h2-6,10,12H,7,23H2,1H3,(H,17,18)/t10-,12-/m0/s1. The molecule has 0 radical (unpaired) electrons. The van der Waals surface area contributed by atoms with Crippen molar-refractivity contribution in [3.63, 3.8) is 0 Å². The highest BCUT2D eigenvalue weighted by molar-refractivity contribution is 7.10. The highest BCUT2D eigenvalue weighted by Crippen LogP contribution is 2.19. The van der Waals surface area contributed by atoms with E-state index in [9.17, 15) is 19.2 Å². The zero-order chi connectivity index (χ0) is 17.4. The Morgan fingerprint density at radius 3 is 2.22 bits per heavy atom. The zero-order valence-corrected chi connectivity index (χ0v) is 13.3.